The van der Waals surface area contributed by atoms with Gasteiger partial charge in [0, 0.05) is 11.0 Å². The number of carboxylic acid groups (broad SMARTS) is 1. The standard InChI is InChI=1S/C12H9FO3/c1-7(11(13)12(14)15)10-6-8-4-2-3-5-9(8)16-10/h2-6H,1H3,(H,14,15). The fourth-order valence-electron chi connectivity index (χ4n) is 1.44. The Kier molecular flexibility index (Phi) is 2.48. The normalized spacial score (nSPS) is 12.6. The van der Waals surface area contributed by atoms with Gasteiger partial charge >= 0.3 is 5.97 Å². The maximum atomic E-state index is 13.2. The molecule has 1 N–H and O–H groups in total. The molecular weight excluding hydrogens is 211 g/mol. The largest absolute Gasteiger partial charge is 0.476 e. The van der Waals surface area contributed by atoms with Gasteiger partial charge in [-0.25, -0.2) is 4.79 Å². The van der Waals surface area contributed by atoms with Crippen molar-refractivity contribution < 1.29 is 18.7 Å². The van der Waals surface area contributed by atoms with Gasteiger partial charge in [0.1, 0.15) is 11.3 Å². The first-order chi connectivity index (χ1) is 7.59. The second kappa shape index (κ2) is 3.81. The molecule has 1 aromatic heterocycles. The summed E-state index contributed by atoms with van der Waals surface area (Å²) in [4.78, 5) is 10.5. The zero-order valence-electron chi connectivity index (χ0n) is 8.53. The minimum absolute atomic E-state index is 0.0105. The number of carboxylic acids is 1. The van der Waals surface area contributed by atoms with Gasteiger partial charge in [-0.05, 0) is 19.1 Å². The molecule has 0 radical (unpaired) electrons. The Morgan fingerprint density at radius 3 is 2.69 bits per heavy atom. The monoisotopic (exact) mass is 220 g/mol. The lowest BCUT2D eigenvalue weighted by Crippen LogP contribution is -1.97. The van der Waals surface area contributed by atoms with Crippen molar-refractivity contribution in [1.29, 1.82) is 0 Å². The smallest absolute Gasteiger partial charge is 0.365 e. The van der Waals surface area contributed by atoms with Gasteiger partial charge in [-0.1, -0.05) is 18.2 Å². The average Bonchev–Trinajstić information content (AvgIpc) is 2.70. The van der Waals surface area contributed by atoms with E-state index < -0.39 is 11.8 Å². The van der Waals surface area contributed by atoms with Crippen LogP contribution in [0, 0.1) is 0 Å². The maximum Gasteiger partial charge on any atom is 0.365 e. The summed E-state index contributed by atoms with van der Waals surface area (Å²) in [6, 6.07) is 8.79. The van der Waals surface area contributed by atoms with E-state index in [4.69, 9.17) is 9.52 Å². The zero-order valence-corrected chi connectivity index (χ0v) is 8.53. The van der Waals surface area contributed by atoms with E-state index >= 15 is 0 Å². The molecule has 1 heterocycles. The van der Waals surface area contributed by atoms with Crippen LogP contribution in [-0.2, 0) is 4.79 Å². The van der Waals surface area contributed by atoms with Crippen molar-refractivity contribution in [3.63, 3.8) is 0 Å². The van der Waals surface area contributed by atoms with E-state index in [0.717, 1.165) is 5.39 Å². The number of allylic oxidation sites excluding steroid dienone is 1. The van der Waals surface area contributed by atoms with Gasteiger partial charge in [0.05, 0.1) is 0 Å². The summed E-state index contributed by atoms with van der Waals surface area (Å²) in [7, 11) is 0. The van der Waals surface area contributed by atoms with E-state index in [1.165, 1.54) is 6.92 Å². The predicted octanol–water partition coefficient (Wildman–Crippen LogP) is 3.22. The molecule has 0 atom stereocenters. The van der Waals surface area contributed by atoms with Crippen molar-refractivity contribution >= 4 is 22.5 Å². The van der Waals surface area contributed by atoms with Crippen LogP contribution in [0.5, 0.6) is 0 Å². The van der Waals surface area contributed by atoms with E-state index in [0.29, 0.717) is 5.58 Å². The molecule has 0 aliphatic carbocycles. The number of furan rings is 1. The van der Waals surface area contributed by atoms with Crippen LogP contribution in [-0.4, -0.2) is 11.1 Å². The van der Waals surface area contributed by atoms with Crippen LogP contribution in [0.1, 0.15) is 12.7 Å². The van der Waals surface area contributed by atoms with Crippen LogP contribution in [0.15, 0.2) is 40.6 Å². The summed E-state index contributed by atoms with van der Waals surface area (Å²) in [5, 5.41) is 9.33. The number of halogens is 1. The van der Waals surface area contributed by atoms with E-state index in [9.17, 15) is 9.18 Å². The molecular formula is C12H9FO3. The second-order valence-corrected chi connectivity index (χ2v) is 3.39. The van der Waals surface area contributed by atoms with Gasteiger partial charge in [0.2, 0.25) is 5.83 Å². The third-order valence-electron chi connectivity index (χ3n) is 2.31. The van der Waals surface area contributed by atoms with Crippen LogP contribution < -0.4 is 0 Å². The summed E-state index contributed by atoms with van der Waals surface area (Å²) >= 11 is 0. The molecule has 16 heavy (non-hydrogen) atoms. The van der Waals surface area contributed by atoms with Gasteiger partial charge in [-0.2, -0.15) is 4.39 Å². The SMILES string of the molecule is CC(=C(F)C(=O)O)c1cc2ccccc2o1. The lowest BCUT2D eigenvalue weighted by molar-refractivity contribution is -0.134. The molecule has 0 saturated carbocycles. The third kappa shape index (κ3) is 1.69. The molecule has 0 saturated heterocycles. The fourth-order valence-corrected chi connectivity index (χ4v) is 1.44. The molecule has 0 aliphatic rings. The van der Waals surface area contributed by atoms with Gasteiger partial charge in [-0.3, -0.25) is 0 Å². The molecule has 1 aromatic carbocycles. The van der Waals surface area contributed by atoms with Crippen molar-refractivity contribution in [3.05, 3.63) is 41.9 Å². The van der Waals surface area contributed by atoms with Crippen molar-refractivity contribution in [1.82, 2.24) is 0 Å². The number of fused-ring (bicyclic) bond motifs is 1. The Balaban J connectivity index is 2.56. The highest BCUT2D eigenvalue weighted by Crippen LogP contribution is 2.26. The van der Waals surface area contributed by atoms with Crippen molar-refractivity contribution in [2.45, 2.75) is 6.92 Å². The van der Waals surface area contributed by atoms with Gasteiger partial charge in [0.15, 0.2) is 0 Å². The molecule has 0 unspecified atom stereocenters. The van der Waals surface area contributed by atoms with Crippen LogP contribution in [0.4, 0.5) is 4.39 Å². The number of carbonyl (C=O) groups is 1. The molecule has 2 aromatic rings. The average molecular weight is 220 g/mol. The first-order valence-electron chi connectivity index (χ1n) is 4.68. The van der Waals surface area contributed by atoms with E-state index in [1.54, 1.807) is 18.2 Å². The Labute approximate surface area is 90.8 Å². The van der Waals surface area contributed by atoms with E-state index in [-0.39, 0.29) is 11.3 Å². The number of para-hydroxylation sites is 1. The van der Waals surface area contributed by atoms with Crippen LogP contribution in [0.25, 0.3) is 16.5 Å². The molecule has 82 valence electrons. The fraction of sp³-hybridized carbons (Fsp3) is 0.0833. The van der Waals surface area contributed by atoms with Gasteiger partial charge in [-0.15, -0.1) is 0 Å². The highest BCUT2D eigenvalue weighted by molar-refractivity contribution is 5.94. The minimum atomic E-state index is -1.59. The Morgan fingerprint density at radius 1 is 1.38 bits per heavy atom. The predicted molar refractivity (Wildman–Crippen MR) is 57.6 cm³/mol. The number of hydrogen-bond donors (Lipinski definition) is 1. The molecule has 0 amide bonds. The molecule has 0 aliphatic heterocycles. The first-order valence-corrected chi connectivity index (χ1v) is 4.68. The van der Waals surface area contributed by atoms with Gasteiger partial charge < -0.3 is 9.52 Å². The molecule has 3 nitrogen and oxygen atoms in total. The Hall–Kier alpha value is -2.10. The lowest BCUT2D eigenvalue weighted by Gasteiger charge is -1.95. The summed E-state index contributed by atoms with van der Waals surface area (Å²) in [6.07, 6.45) is 0. The molecule has 0 spiro atoms. The number of hydrogen-bond acceptors (Lipinski definition) is 2. The van der Waals surface area contributed by atoms with Gasteiger partial charge in [0.25, 0.3) is 0 Å². The second-order valence-electron chi connectivity index (χ2n) is 3.39. The molecule has 0 fully saturated rings. The number of benzene rings is 1. The quantitative estimate of drug-likeness (QED) is 0.790. The first kappa shape index (κ1) is 10.4. The number of rotatable bonds is 2. The van der Waals surface area contributed by atoms with Crippen LogP contribution in [0.3, 0.4) is 0 Å². The minimum Gasteiger partial charge on any atom is -0.476 e. The van der Waals surface area contributed by atoms with Crippen LogP contribution >= 0.6 is 0 Å². The maximum absolute atomic E-state index is 13.2. The number of aliphatic carboxylic acids is 1. The van der Waals surface area contributed by atoms with Crippen molar-refractivity contribution in [2.75, 3.05) is 0 Å². The third-order valence-corrected chi connectivity index (χ3v) is 2.31. The summed E-state index contributed by atoms with van der Waals surface area (Å²) in [6.45, 7) is 1.38. The lowest BCUT2D eigenvalue weighted by atomic mass is 10.2. The Bertz CT molecular complexity index is 548. The summed E-state index contributed by atoms with van der Waals surface area (Å²) in [5.41, 5.74) is 0.596. The van der Waals surface area contributed by atoms with Crippen LogP contribution in [0.2, 0.25) is 0 Å². The zero-order chi connectivity index (χ0) is 11.7. The van der Waals surface area contributed by atoms with Crippen molar-refractivity contribution in [3.8, 4) is 0 Å². The van der Waals surface area contributed by atoms with E-state index in [1.807, 2.05) is 12.1 Å². The van der Waals surface area contributed by atoms with E-state index in [2.05, 4.69) is 0 Å². The summed E-state index contributed by atoms with van der Waals surface area (Å²) in [5.74, 6) is -2.54. The molecule has 0 bridgehead atoms. The molecule has 2 rings (SSSR count). The Morgan fingerprint density at radius 2 is 2.06 bits per heavy atom. The topological polar surface area (TPSA) is 50.4 Å². The molecule has 4 heteroatoms. The highest BCUT2D eigenvalue weighted by atomic mass is 19.1. The highest BCUT2D eigenvalue weighted by Gasteiger charge is 2.15. The van der Waals surface area contributed by atoms with Crippen molar-refractivity contribution in [2.24, 2.45) is 0 Å². The summed E-state index contributed by atoms with van der Waals surface area (Å²) < 4.78 is 18.5.